The highest BCUT2D eigenvalue weighted by atomic mass is 16.5. The number of hydrogen-bond donors (Lipinski definition) is 0. The molecular formula is C24H36O2. The maximum absolute atomic E-state index is 6.19. The van der Waals surface area contributed by atoms with E-state index in [1.807, 2.05) is 0 Å². The molecule has 0 unspecified atom stereocenters. The minimum Gasteiger partial charge on any atom is -0.493 e. The molecule has 0 N–H and O–H groups in total. The van der Waals surface area contributed by atoms with Crippen molar-refractivity contribution in [2.45, 2.75) is 79.1 Å². The van der Waals surface area contributed by atoms with E-state index in [9.17, 15) is 0 Å². The lowest BCUT2D eigenvalue weighted by Crippen LogP contribution is -2.02. The molecule has 0 saturated heterocycles. The molecule has 0 aliphatic carbocycles. The molecule has 26 heavy (non-hydrogen) atoms. The lowest BCUT2D eigenvalue weighted by molar-refractivity contribution is 0.303. The fourth-order valence-electron chi connectivity index (χ4n) is 3.36. The Hall–Kier alpha value is -1.70. The van der Waals surface area contributed by atoms with Crippen molar-refractivity contribution in [1.82, 2.24) is 0 Å². The first kappa shape index (κ1) is 20.6. The molecule has 0 aliphatic rings. The second kappa shape index (κ2) is 11.1. The van der Waals surface area contributed by atoms with Gasteiger partial charge in [0.15, 0.2) is 0 Å². The minimum atomic E-state index is 0.793. The number of rotatable bonds is 12. The third-order valence-electron chi connectivity index (χ3n) is 4.98. The normalized spacial score (nSPS) is 11.1. The van der Waals surface area contributed by atoms with E-state index in [0.717, 1.165) is 37.6 Å². The van der Waals surface area contributed by atoms with Crippen LogP contribution < -0.4 is 9.47 Å². The van der Waals surface area contributed by atoms with Gasteiger partial charge in [-0.15, -0.1) is 0 Å². The zero-order valence-electron chi connectivity index (χ0n) is 17.2. The van der Waals surface area contributed by atoms with Crippen LogP contribution in [0.1, 0.15) is 76.3 Å². The lowest BCUT2D eigenvalue weighted by atomic mass is 10.0. The van der Waals surface area contributed by atoms with Gasteiger partial charge in [-0.1, -0.05) is 76.6 Å². The quantitative estimate of drug-likeness (QED) is 0.369. The average Bonchev–Trinajstić information content (AvgIpc) is 2.64. The first-order valence-corrected chi connectivity index (χ1v) is 10.5. The Bertz CT molecular complexity index is 616. The van der Waals surface area contributed by atoms with Gasteiger partial charge in [-0.2, -0.15) is 0 Å². The monoisotopic (exact) mass is 356 g/mol. The van der Waals surface area contributed by atoms with Crippen molar-refractivity contribution in [1.29, 1.82) is 0 Å². The third kappa shape index (κ3) is 5.65. The Morgan fingerprint density at radius 3 is 1.38 bits per heavy atom. The highest BCUT2D eigenvalue weighted by Gasteiger charge is 2.12. The second-order valence-electron chi connectivity index (χ2n) is 7.34. The fraction of sp³-hybridized carbons (Fsp3) is 0.583. The minimum absolute atomic E-state index is 0.793. The molecule has 0 fully saturated rings. The Balaban J connectivity index is 2.14. The van der Waals surface area contributed by atoms with E-state index in [1.54, 1.807) is 0 Å². The van der Waals surface area contributed by atoms with Crippen LogP contribution >= 0.6 is 0 Å². The van der Waals surface area contributed by atoms with Gasteiger partial charge in [0, 0.05) is 10.8 Å². The molecule has 0 bridgehead atoms. The van der Waals surface area contributed by atoms with Crippen molar-refractivity contribution in [3.05, 3.63) is 35.4 Å². The van der Waals surface area contributed by atoms with Gasteiger partial charge < -0.3 is 9.47 Å². The average molecular weight is 357 g/mol. The van der Waals surface area contributed by atoms with Gasteiger partial charge in [-0.25, -0.2) is 0 Å². The SMILES string of the molecule is CCCCCCOc1c(C)ccc2c(OCCCCCC)c(C)ccc12. The van der Waals surface area contributed by atoms with Crippen molar-refractivity contribution in [3.8, 4) is 11.5 Å². The Kier molecular flexibility index (Phi) is 8.80. The smallest absolute Gasteiger partial charge is 0.130 e. The van der Waals surface area contributed by atoms with Crippen LogP contribution in [0.4, 0.5) is 0 Å². The van der Waals surface area contributed by atoms with Gasteiger partial charge in [-0.3, -0.25) is 0 Å². The van der Waals surface area contributed by atoms with Gasteiger partial charge in [0.2, 0.25) is 0 Å². The Labute approximate surface area is 159 Å². The summed E-state index contributed by atoms with van der Waals surface area (Å²) in [7, 11) is 0. The summed E-state index contributed by atoms with van der Waals surface area (Å²) in [5, 5.41) is 2.35. The highest BCUT2D eigenvalue weighted by Crippen LogP contribution is 2.37. The molecule has 0 amide bonds. The summed E-state index contributed by atoms with van der Waals surface area (Å²) in [6, 6.07) is 8.69. The first-order chi connectivity index (χ1) is 12.7. The molecule has 0 aliphatic heterocycles. The molecular weight excluding hydrogens is 320 g/mol. The summed E-state index contributed by atoms with van der Waals surface area (Å²) in [6.07, 6.45) is 9.81. The second-order valence-corrected chi connectivity index (χ2v) is 7.34. The molecule has 2 heteroatoms. The molecule has 0 spiro atoms. The summed E-state index contributed by atoms with van der Waals surface area (Å²) >= 11 is 0. The van der Waals surface area contributed by atoms with Crippen LogP contribution in [0.15, 0.2) is 24.3 Å². The van der Waals surface area contributed by atoms with Crippen LogP contribution in [0.3, 0.4) is 0 Å². The van der Waals surface area contributed by atoms with E-state index in [4.69, 9.17) is 9.47 Å². The standard InChI is InChI=1S/C24H36O2/c1-5-7-9-11-17-25-23-19(3)13-16-22-21(23)15-14-20(4)24(22)26-18-12-10-8-6-2/h13-16H,5-12,17-18H2,1-4H3. The van der Waals surface area contributed by atoms with E-state index in [0.29, 0.717) is 0 Å². The van der Waals surface area contributed by atoms with Gasteiger partial charge >= 0.3 is 0 Å². The molecule has 0 atom stereocenters. The van der Waals surface area contributed by atoms with E-state index in [-0.39, 0.29) is 0 Å². The maximum atomic E-state index is 6.19. The van der Waals surface area contributed by atoms with Crippen molar-refractivity contribution in [2.75, 3.05) is 13.2 Å². The molecule has 2 aromatic carbocycles. The van der Waals surface area contributed by atoms with Crippen molar-refractivity contribution in [3.63, 3.8) is 0 Å². The zero-order valence-corrected chi connectivity index (χ0v) is 17.2. The van der Waals surface area contributed by atoms with Crippen LogP contribution in [0.25, 0.3) is 10.8 Å². The van der Waals surface area contributed by atoms with Crippen molar-refractivity contribution < 1.29 is 9.47 Å². The number of fused-ring (bicyclic) bond motifs is 1. The van der Waals surface area contributed by atoms with E-state index >= 15 is 0 Å². The third-order valence-corrected chi connectivity index (χ3v) is 4.98. The fourth-order valence-corrected chi connectivity index (χ4v) is 3.36. The summed E-state index contributed by atoms with van der Waals surface area (Å²) < 4.78 is 12.4. The first-order valence-electron chi connectivity index (χ1n) is 10.5. The summed E-state index contributed by atoms with van der Waals surface area (Å²) in [5.74, 6) is 2.05. The summed E-state index contributed by atoms with van der Waals surface area (Å²) in [5.41, 5.74) is 2.40. The van der Waals surface area contributed by atoms with Crippen LogP contribution in [-0.4, -0.2) is 13.2 Å². The molecule has 2 rings (SSSR count). The molecule has 2 aromatic rings. The van der Waals surface area contributed by atoms with Gasteiger partial charge in [0.1, 0.15) is 11.5 Å². The number of benzene rings is 2. The zero-order chi connectivity index (χ0) is 18.8. The molecule has 0 aromatic heterocycles. The van der Waals surface area contributed by atoms with Crippen molar-refractivity contribution >= 4 is 10.8 Å². The van der Waals surface area contributed by atoms with Gasteiger partial charge in [0.05, 0.1) is 13.2 Å². The van der Waals surface area contributed by atoms with Crippen LogP contribution in [0.2, 0.25) is 0 Å². The van der Waals surface area contributed by atoms with Crippen LogP contribution in [0, 0.1) is 13.8 Å². The van der Waals surface area contributed by atoms with E-state index < -0.39 is 0 Å². The number of hydrogen-bond acceptors (Lipinski definition) is 2. The van der Waals surface area contributed by atoms with Crippen LogP contribution in [-0.2, 0) is 0 Å². The number of aryl methyl sites for hydroxylation is 2. The van der Waals surface area contributed by atoms with Gasteiger partial charge in [0.25, 0.3) is 0 Å². The molecule has 2 nitrogen and oxygen atoms in total. The largest absolute Gasteiger partial charge is 0.493 e. The number of ether oxygens (including phenoxy) is 2. The molecule has 0 heterocycles. The number of unbranched alkanes of at least 4 members (excludes halogenated alkanes) is 6. The highest BCUT2D eigenvalue weighted by molar-refractivity contribution is 5.95. The molecule has 144 valence electrons. The predicted octanol–water partition coefficient (Wildman–Crippen LogP) is 7.37. The maximum Gasteiger partial charge on any atom is 0.130 e. The molecule has 0 saturated carbocycles. The van der Waals surface area contributed by atoms with Crippen molar-refractivity contribution in [2.24, 2.45) is 0 Å². The Morgan fingerprint density at radius 1 is 0.577 bits per heavy atom. The topological polar surface area (TPSA) is 18.5 Å². The lowest BCUT2D eigenvalue weighted by Gasteiger charge is -2.17. The predicted molar refractivity (Wildman–Crippen MR) is 113 cm³/mol. The van der Waals surface area contributed by atoms with E-state index in [1.165, 1.54) is 60.4 Å². The summed E-state index contributed by atoms with van der Waals surface area (Å²) in [4.78, 5) is 0. The van der Waals surface area contributed by atoms with Gasteiger partial charge in [-0.05, 0) is 37.8 Å². The summed E-state index contributed by atoms with van der Waals surface area (Å²) in [6.45, 7) is 10.3. The Morgan fingerprint density at radius 2 is 1.00 bits per heavy atom. The molecule has 0 radical (unpaired) electrons. The van der Waals surface area contributed by atoms with E-state index in [2.05, 4.69) is 52.0 Å². The van der Waals surface area contributed by atoms with Crippen LogP contribution in [0.5, 0.6) is 11.5 Å².